The number of nitrogens with two attached hydrogens (primary N) is 1. The first-order valence-electron chi connectivity index (χ1n) is 13.8. The number of allylic oxidation sites excluding steroid dienone is 2. The Kier molecular flexibility index (Phi) is 10.4. The number of likely N-dealkylation sites (N-methyl/N-ethyl adjacent to an activating group) is 1. The fourth-order valence-electron chi connectivity index (χ4n) is 4.38. The lowest BCUT2D eigenvalue weighted by atomic mass is 9.98. The molecule has 7 heteroatoms. The molecule has 4 N–H and O–H groups in total. The quantitative estimate of drug-likeness (QED) is 0.324. The first kappa shape index (κ1) is 28.5. The molecular formula is C30H46N6O. The zero-order valence-corrected chi connectivity index (χ0v) is 23.4. The highest BCUT2D eigenvalue weighted by atomic mass is 16.2. The Morgan fingerprint density at radius 3 is 2.68 bits per heavy atom. The normalized spacial score (nSPS) is 18.8. The highest BCUT2D eigenvalue weighted by Gasteiger charge is 2.30. The van der Waals surface area contributed by atoms with E-state index in [1.54, 1.807) is 6.21 Å². The minimum Gasteiger partial charge on any atom is -0.400 e. The van der Waals surface area contributed by atoms with Gasteiger partial charge in [0.25, 0.3) is 5.91 Å². The van der Waals surface area contributed by atoms with Crippen LogP contribution in [-0.2, 0) is 4.79 Å². The first-order chi connectivity index (χ1) is 17.7. The number of benzene rings is 1. The van der Waals surface area contributed by atoms with E-state index in [0.29, 0.717) is 18.7 Å². The smallest absolute Gasteiger partial charge is 0.261 e. The van der Waals surface area contributed by atoms with Crippen molar-refractivity contribution >= 4 is 23.5 Å². The summed E-state index contributed by atoms with van der Waals surface area (Å²) in [6.45, 7) is 15.7. The summed E-state index contributed by atoms with van der Waals surface area (Å²) in [5, 5.41) is 6.70. The third-order valence-corrected chi connectivity index (χ3v) is 7.48. The number of hydrogen-bond donors (Lipinski definition) is 3. The highest BCUT2D eigenvalue weighted by Crippen LogP contribution is 2.29. The van der Waals surface area contributed by atoms with Crippen LogP contribution in [0.15, 0.2) is 64.7 Å². The summed E-state index contributed by atoms with van der Waals surface area (Å²) >= 11 is 0. The molecule has 1 aromatic rings. The lowest BCUT2D eigenvalue weighted by Gasteiger charge is -2.26. The molecule has 1 fully saturated rings. The Morgan fingerprint density at radius 2 is 2.00 bits per heavy atom. The van der Waals surface area contributed by atoms with E-state index in [1.807, 2.05) is 35.4 Å². The third-order valence-electron chi connectivity index (χ3n) is 7.48. The number of aliphatic imine (C=N–C) groups is 1. The molecule has 0 aromatic heterocycles. The maximum Gasteiger partial charge on any atom is 0.261 e. The van der Waals surface area contributed by atoms with Gasteiger partial charge in [-0.05, 0) is 68.2 Å². The summed E-state index contributed by atoms with van der Waals surface area (Å²) in [5.41, 5.74) is 11.1. The second-order valence-corrected chi connectivity index (χ2v) is 10.5. The molecule has 37 heavy (non-hydrogen) atoms. The Balaban J connectivity index is 1.83. The molecule has 2 aliphatic rings. The maximum atomic E-state index is 14.0. The van der Waals surface area contributed by atoms with E-state index in [-0.39, 0.29) is 17.7 Å². The van der Waals surface area contributed by atoms with Gasteiger partial charge in [0, 0.05) is 67.6 Å². The summed E-state index contributed by atoms with van der Waals surface area (Å²) in [6, 6.07) is 7.93. The Hall–Kier alpha value is -3.06. The number of carbonyl (C=O) groups excluding carboxylic acids is 1. The van der Waals surface area contributed by atoms with E-state index in [1.165, 1.54) is 12.8 Å². The zero-order chi connectivity index (χ0) is 26.9. The Bertz CT molecular complexity index is 1040. The fourth-order valence-corrected chi connectivity index (χ4v) is 4.38. The fraction of sp³-hybridized carbons (Fsp3) is 0.533. The average Bonchev–Trinajstić information content (AvgIpc) is 3.73. The Labute approximate surface area is 223 Å². The molecule has 0 bridgehead atoms. The molecule has 0 saturated heterocycles. The van der Waals surface area contributed by atoms with E-state index < -0.39 is 0 Å². The third kappa shape index (κ3) is 7.96. The number of hydrogen-bond acceptors (Lipinski definition) is 6. The number of nitrogens with one attached hydrogen (secondary N) is 2. The van der Waals surface area contributed by atoms with Gasteiger partial charge in [0.15, 0.2) is 0 Å². The van der Waals surface area contributed by atoms with Crippen molar-refractivity contribution in [3.05, 3.63) is 59.7 Å². The van der Waals surface area contributed by atoms with Crippen LogP contribution in [0.2, 0.25) is 0 Å². The van der Waals surface area contributed by atoms with Gasteiger partial charge in [0.1, 0.15) is 0 Å². The van der Waals surface area contributed by atoms with Crippen LogP contribution in [0.4, 0.5) is 11.4 Å². The molecule has 1 aromatic carbocycles. The predicted octanol–water partition coefficient (Wildman–Crippen LogP) is 5.11. The number of anilines is 2. The topological polar surface area (TPSA) is 86.0 Å². The van der Waals surface area contributed by atoms with Crippen molar-refractivity contribution in [2.24, 2.45) is 28.5 Å². The number of nitrogens with zero attached hydrogens (tertiary/aromatic N) is 3. The second kappa shape index (κ2) is 13.5. The summed E-state index contributed by atoms with van der Waals surface area (Å²) in [7, 11) is 2.07. The standard InChI is InChI=1S/C30H46N6O/c1-7-21(3)23(5)33-20-28-29(22(4)8-2)35(6)14-15-36(30(28)37)27-11-9-10-26(16-27)34-19-25(31)18-32-17-24-12-13-24/h9-11,16,19-22,24,32,34H,5,7-8,12-15,17-18,31H2,1-4,6H3/b25-19-,33-20?. The predicted molar refractivity (Wildman–Crippen MR) is 156 cm³/mol. The lowest BCUT2D eigenvalue weighted by molar-refractivity contribution is -0.114. The number of amides is 1. The van der Waals surface area contributed by atoms with Crippen molar-refractivity contribution in [3.63, 3.8) is 0 Å². The van der Waals surface area contributed by atoms with Crippen LogP contribution in [-0.4, -0.2) is 50.2 Å². The molecule has 3 rings (SSSR count). The van der Waals surface area contributed by atoms with Crippen LogP contribution >= 0.6 is 0 Å². The average molecular weight is 507 g/mol. The molecule has 7 nitrogen and oxygen atoms in total. The van der Waals surface area contributed by atoms with Crippen molar-refractivity contribution in [1.29, 1.82) is 0 Å². The van der Waals surface area contributed by atoms with E-state index in [0.717, 1.165) is 60.3 Å². The Morgan fingerprint density at radius 1 is 1.24 bits per heavy atom. The van der Waals surface area contributed by atoms with Crippen LogP contribution in [0.1, 0.15) is 53.4 Å². The van der Waals surface area contributed by atoms with Crippen molar-refractivity contribution in [2.75, 3.05) is 43.4 Å². The van der Waals surface area contributed by atoms with Gasteiger partial charge in [0.2, 0.25) is 0 Å². The number of carbonyl (C=O) groups is 1. The zero-order valence-electron chi connectivity index (χ0n) is 23.4. The van der Waals surface area contributed by atoms with Gasteiger partial charge < -0.3 is 26.2 Å². The lowest BCUT2D eigenvalue weighted by Crippen LogP contribution is -2.34. The molecule has 202 valence electrons. The summed E-state index contributed by atoms with van der Waals surface area (Å²) in [4.78, 5) is 22.7. The highest BCUT2D eigenvalue weighted by molar-refractivity contribution is 6.19. The molecular weight excluding hydrogens is 460 g/mol. The van der Waals surface area contributed by atoms with Gasteiger partial charge in [-0.15, -0.1) is 0 Å². The van der Waals surface area contributed by atoms with Crippen LogP contribution in [0, 0.1) is 17.8 Å². The molecule has 1 heterocycles. The maximum absolute atomic E-state index is 14.0. The second-order valence-electron chi connectivity index (χ2n) is 10.5. The molecule has 0 radical (unpaired) electrons. The van der Waals surface area contributed by atoms with Crippen molar-refractivity contribution < 1.29 is 4.79 Å². The largest absolute Gasteiger partial charge is 0.400 e. The van der Waals surface area contributed by atoms with Gasteiger partial charge in [-0.1, -0.05) is 40.3 Å². The van der Waals surface area contributed by atoms with Gasteiger partial charge >= 0.3 is 0 Å². The minimum atomic E-state index is -0.0307. The van der Waals surface area contributed by atoms with Crippen LogP contribution in [0.5, 0.6) is 0 Å². The van der Waals surface area contributed by atoms with Crippen molar-refractivity contribution in [3.8, 4) is 0 Å². The molecule has 1 amide bonds. The summed E-state index contributed by atoms with van der Waals surface area (Å²) in [5.74, 6) is 1.30. The molecule has 2 atom stereocenters. The van der Waals surface area contributed by atoms with E-state index in [9.17, 15) is 4.79 Å². The van der Waals surface area contributed by atoms with Crippen LogP contribution in [0.3, 0.4) is 0 Å². The summed E-state index contributed by atoms with van der Waals surface area (Å²) in [6.07, 6.45) is 8.12. The van der Waals surface area contributed by atoms with Crippen molar-refractivity contribution in [2.45, 2.75) is 53.4 Å². The SMILES string of the molecule is C=C(N=CC1=C(C(C)CC)N(C)CCN(c2cccc(N/C=C(\N)CNCC3CC3)c2)C1=O)C(C)CC. The summed E-state index contributed by atoms with van der Waals surface area (Å²) < 4.78 is 0. The van der Waals surface area contributed by atoms with Gasteiger partial charge in [-0.2, -0.15) is 0 Å². The van der Waals surface area contributed by atoms with Crippen molar-refractivity contribution in [1.82, 2.24) is 10.2 Å². The van der Waals surface area contributed by atoms with E-state index in [4.69, 9.17) is 5.73 Å². The molecule has 0 spiro atoms. The molecule has 1 saturated carbocycles. The van der Waals surface area contributed by atoms with Crippen LogP contribution in [0.25, 0.3) is 0 Å². The van der Waals surface area contributed by atoms with E-state index in [2.05, 4.69) is 61.8 Å². The first-order valence-corrected chi connectivity index (χ1v) is 13.8. The van der Waals surface area contributed by atoms with Gasteiger partial charge in [-0.25, -0.2) is 0 Å². The monoisotopic (exact) mass is 506 g/mol. The molecule has 1 aliphatic carbocycles. The van der Waals surface area contributed by atoms with E-state index >= 15 is 0 Å². The number of rotatable bonds is 13. The minimum absolute atomic E-state index is 0.0307. The van der Waals surface area contributed by atoms with Gasteiger partial charge in [0.05, 0.1) is 5.57 Å². The van der Waals surface area contributed by atoms with Crippen LogP contribution < -0.4 is 21.3 Å². The molecule has 2 unspecified atom stereocenters. The molecule has 1 aliphatic heterocycles. The van der Waals surface area contributed by atoms with Gasteiger partial charge in [-0.3, -0.25) is 9.79 Å².